The highest BCUT2D eigenvalue weighted by atomic mass is 32.2. The van der Waals surface area contributed by atoms with Crippen LogP contribution in [0.5, 0.6) is 0 Å². The average molecular weight is 284 g/mol. The van der Waals surface area contributed by atoms with Crippen LogP contribution in [-0.4, -0.2) is 37.0 Å². The minimum Gasteiger partial charge on any atom is -0.393 e. The van der Waals surface area contributed by atoms with Gasteiger partial charge in [0.1, 0.15) is 22.3 Å². The van der Waals surface area contributed by atoms with E-state index in [1.165, 1.54) is 16.4 Å². The van der Waals surface area contributed by atoms with Crippen LogP contribution in [0.15, 0.2) is 23.1 Å². The molecule has 5 nitrogen and oxygen atoms in total. The van der Waals surface area contributed by atoms with E-state index in [4.69, 9.17) is 5.26 Å². The standard InChI is InChI=1S/C12H13FN2O3S/c13-11-2-1-3-12(10(11)8-14)19(17,18)15-6-4-9(16)5-7-15/h1-3,9,16H,4-7H2. The number of rotatable bonds is 2. The van der Waals surface area contributed by atoms with E-state index in [-0.39, 0.29) is 18.0 Å². The van der Waals surface area contributed by atoms with Gasteiger partial charge in [0.2, 0.25) is 10.0 Å². The Labute approximate surface area is 110 Å². The first-order valence-corrected chi connectivity index (χ1v) is 7.27. The molecule has 0 aromatic heterocycles. The summed E-state index contributed by atoms with van der Waals surface area (Å²) in [4.78, 5) is -0.314. The summed E-state index contributed by atoms with van der Waals surface area (Å²) in [6.45, 7) is 0.343. The van der Waals surface area contributed by atoms with Crippen LogP contribution >= 0.6 is 0 Å². The van der Waals surface area contributed by atoms with Crippen LogP contribution in [0.25, 0.3) is 0 Å². The SMILES string of the molecule is N#Cc1c(F)cccc1S(=O)(=O)N1CCC(O)CC1. The van der Waals surface area contributed by atoms with Crippen molar-refractivity contribution in [3.63, 3.8) is 0 Å². The third kappa shape index (κ3) is 2.61. The Hall–Kier alpha value is -1.49. The van der Waals surface area contributed by atoms with Gasteiger partial charge in [0, 0.05) is 13.1 Å². The lowest BCUT2D eigenvalue weighted by Gasteiger charge is -2.28. The van der Waals surface area contributed by atoms with E-state index >= 15 is 0 Å². The maximum absolute atomic E-state index is 13.5. The second kappa shape index (κ2) is 5.25. The first-order chi connectivity index (χ1) is 8.96. The molecule has 2 rings (SSSR count). The molecule has 1 heterocycles. The number of sulfonamides is 1. The van der Waals surface area contributed by atoms with Crippen LogP contribution < -0.4 is 0 Å². The van der Waals surface area contributed by atoms with Crippen molar-refractivity contribution in [2.24, 2.45) is 0 Å². The van der Waals surface area contributed by atoms with Crippen LogP contribution in [0.3, 0.4) is 0 Å². The Balaban J connectivity index is 2.41. The summed E-state index contributed by atoms with van der Waals surface area (Å²) >= 11 is 0. The van der Waals surface area contributed by atoms with Crippen LogP contribution in [0.2, 0.25) is 0 Å². The summed E-state index contributed by atoms with van der Waals surface area (Å²) in [5.74, 6) is -0.847. The van der Waals surface area contributed by atoms with E-state index in [1.54, 1.807) is 6.07 Å². The normalized spacial score (nSPS) is 18.2. The highest BCUT2D eigenvalue weighted by molar-refractivity contribution is 7.89. The topological polar surface area (TPSA) is 81.4 Å². The second-order valence-corrected chi connectivity index (χ2v) is 6.27. The van der Waals surface area contributed by atoms with Crippen molar-refractivity contribution >= 4 is 10.0 Å². The van der Waals surface area contributed by atoms with E-state index in [0.29, 0.717) is 12.8 Å². The third-order valence-corrected chi connectivity index (χ3v) is 5.07. The molecule has 0 aliphatic carbocycles. The molecule has 0 unspecified atom stereocenters. The second-order valence-electron chi connectivity index (χ2n) is 4.36. The minimum atomic E-state index is -3.89. The number of halogens is 1. The van der Waals surface area contributed by atoms with E-state index in [9.17, 15) is 17.9 Å². The molecular weight excluding hydrogens is 271 g/mol. The smallest absolute Gasteiger partial charge is 0.244 e. The molecule has 19 heavy (non-hydrogen) atoms. The predicted molar refractivity (Wildman–Crippen MR) is 65.1 cm³/mol. The number of nitrogens with zero attached hydrogens (tertiary/aromatic N) is 2. The molecule has 1 saturated heterocycles. The Bertz CT molecular complexity index is 616. The van der Waals surface area contributed by atoms with Crippen molar-refractivity contribution in [1.29, 1.82) is 5.26 Å². The number of aliphatic hydroxyl groups excluding tert-OH is 1. The quantitative estimate of drug-likeness (QED) is 0.872. The first-order valence-electron chi connectivity index (χ1n) is 5.83. The maximum Gasteiger partial charge on any atom is 0.244 e. The molecule has 1 N–H and O–H groups in total. The summed E-state index contributed by atoms with van der Waals surface area (Å²) < 4.78 is 39.3. The number of piperidine rings is 1. The van der Waals surface area contributed by atoms with Gasteiger partial charge in [-0.25, -0.2) is 12.8 Å². The van der Waals surface area contributed by atoms with E-state index < -0.39 is 27.5 Å². The lowest BCUT2D eigenvalue weighted by Crippen LogP contribution is -2.40. The lowest BCUT2D eigenvalue weighted by atomic mass is 10.1. The zero-order valence-electron chi connectivity index (χ0n) is 10.1. The van der Waals surface area contributed by atoms with Gasteiger partial charge in [-0.15, -0.1) is 0 Å². The zero-order chi connectivity index (χ0) is 14.0. The molecule has 0 radical (unpaired) electrons. The summed E-state index contributed by atoms with van der Waals surface area (Å²) in [5.41, 5.74) is -0.464. The minimum absolute atomic E-state index is 0.172. The van der Waals surface area contributed by atoms with Gasteiger partial charge in [0.05, 0.1) is 6.10 Å². The van der Waals surface area contributed by atoms with Crippen molar-refractivity contribution in [3.8, 4) is 6.07 Å². The Kier molecular flexibility index (Phi) is 3.85. The Morgan fingerprint density at radius 3 is 2.58 bits per heavy atom. The monoisotopic (exact) mass is 284 g/mol. The van der Waals surface area contributed by atoms with Crippen molar-refractivity contribution < 1.29 is 17.9 Å². The van der Waals surface area contributed by atoms with Crippen LogP contribution in [-0.2, 0) is 10.0 Å². The fourth-order valence-corrected chi connectivity index (χ4v) is 3.67. The molecule has 102 valence electrons. The summed E-state index contributed by atoms with van der Waals surface area (Å²) in [5, 5.41) is 18.3. The number of nitriles is 1. The van der Waals surface area contributed by atoms with E-state index in [0.717, 1.165) is 6.07 Å². The molecule has 1 aromatic rings. The number of aliphatic hydroxyl groups is 1. The highest BCUT2D eigenvalue weighted by Crippen LogP contribution is 2.24. The fourth-order valence-electron chi connectivity index (χ4n) is 2.05. The molecule has 0 bridgehead atoms. The van der Waals surface area contributed by atoms with Gasteiger partial charge in [-0.05, 0) is 25.0 Å². The van der Waals surface area contributed by atoms with Crippen LogP contribution in [0.4, 0.5) is 4.39 Å². The van der Waals surface area contributed by atoms with Gasteiger partial charge in [0.15, 0.2) is 0 Å². The van der Waals surface area contributed by atoms with Gasteiger partial charge in [-0.2, -0.15) is 9.57 Å². The fraction of sp³-hybridized carbons (Fsp3) is 0.417. The van der Waals surface area contributed by atoms with Gasteiger partial charge in [-0.3, -0.25) is 0 Å². The highest BCUT2D eigenvalue weighted by Gasteiger charge is 2.31. The zero-order valence-corrected chi connectivity index (χ0v) is 10.9. The summed E-state index contributed by atoms with van der Waals surface area (Å²) in [6.07, 6.45) is 0.182. The van der Waals surface area contributed by atoms with Crippen molar-refractivity contribution in [2.75, 3.05) is 13.1 Å². The molecule has 1 aliphatic heterocycles. The molecule has 1 aromatic carbocycles. The average Bonchev–Trinajstić information content (AvgIpc) is 2.39. The molecular formula is C12H13FN2O3S. The van der Waals surface area contributed by atoms with Crippen LogP contribution in [0.1, 0.15) is 18.4 Å². The maximum atomic E-state index is 13.5. The molecule has 0 spiro atoms. The molecule has 1 aliphatic rings. The molecule has 7 heteroatoms. The number of hydrogen-bond acceptors (Lipinski definition) is 4. The van der Waals surface area contributed by atoms with Gasteiger partial charge >= 0.3 is 0 Å². The molecule has 0 saturated carbocycles. The van der Waals surface area contributed by atoms with Crippen molar-refractivity contribution in [2.45, 2.75) is 23.8 Å². The Morgan fingerprint density at radius 1 is 1.37 bits per heavy atom. The first kappa shape index (κ1) is 13.9. The van der Waals surface area contributed by atoms with E-state index in [2.05, 4.69) is 0 Å². The van der Waals surface area contributed by atoms with E-state index in [1.807, 2.05) is 0 Å². The molecule has 0 atom stereocenters. The van der Waals surface area contributed by atoms with Crippen LogP contribution in [0, 0.1) is 17.1 Å². The third-order valence-electron chi connectivity index (χ3n) is 3.13. The Morgan fingerprint density at radius 2 is 2.00 bits per heavy atom. The predicted octanol–water partition coefficient (Wildman–Crippen LogP) is 0.843. The largest absolute Gasteiger partial charge is 0.393 e. The van der Waals surface area contributed by atoms with Gasteiger partial charge in [0.25, 0.3) is 0 Å². The van der Waals surface area contributed by atoms with Crippen molar-refractivity contribution in [1.82, 2.24) is 4.31 Å². The van der Waals surface area contributed by atoms with Gasteiger partial charge < -0.3 is 5.11 Å². The summed E-state index contributed by atoms with van der Waals surface area (Å²) in [7, 11) is -3.89. The van der Waals surface area contributed by atoms with Gasteiger partial charge in [-0.1, -0.05) is 6.07 Å². The van der Waals surface area contributed by atoms with Crippen molar-refractivity contribution in [3.05, 3.63) is 29.6 Å². The lowest BCUT2D eigenvalue weighted by molar-refractivity contribution is 0.113. The molecule has 1 fully saturated rings. The molecule has 0 amide bonds. The summed E-state index contributed by atoms with van der Waals surface area (Å²) in [6, 6.07) is 5.13. The number of hydrogen-bond donors (Lipinski definition) is 1. The number of benzene rings is 1.